The van der Waals surface area contributed by atoms with Crippen LogP contribution < -0.4 is 0 Å². The van der Waals surface area contributed by atoms with Crippen molar-refractivity contribution in [1.82, 2.24) is 9.88 Å². The van der Waals surface area contributed by atoms with Crippen molar-refractivity contribution in [3.8, 4) is 0 Å². The van der Waals surface area contributed by atoms with Gasteiger partial charge in [0.25, 0.3) is 11.6 Å². The molecule has 1 aliphatic heterocycles. The zero-order chi connectivity index (χ0) is 21.5. The molecule has 1 atom stereocenters. The van der Waals surface area contributed by atoms with Crippen molar-refractivity contribution in [2.24, 2.45) is 0 Å². The summed E-state index contributed by atoms with van der Waals surface area (Å²) in [4.78, 5) is 29.6. The van der Waals surface area contributed by atoms with E-state index in [1.54, 1.807) is 12.1 Å². The van der Waals surface area contributed by atoms with Gasteiger partial charge < -0.3 is 9.88 Å². The third-order valence-corrected chi connectivity index (χ3v) is 6.01. The van der Waals surface area contributed by atoms with Crippen molar-refractivity contribution >= 4 is 22.5 Å². The van der Waals surface area contributed by atoms with Crippen LogP contribution in [-0.2, 0) is 6.42 Å². The fourth-order valence-corrected chi connectivity index (χ4v) is 4.45. The number of nitro groups is 1. The molecule has 0 saturated carbocycles. The summed E-state index contributed by atoms with van der Waals surface area (Å²) in [6.07, 6.45) is 0.750. The van der Waals surface area contributed by atoms with Crippen molar-refractivity contribution < 1.29 is 9.72 Å². The second kappa shape index (κ2) is 7.40. The van der Waals surface area contributed by atoms with Crippen molar-refractivity contribution in [3.05, 3.63) is 111 Å². The van der Waals surface area contributed by atoms with Crippen molar-refractivity contribution in [2.45, 2.75) is 19.4 Å². The Balaban J connectivity index is 1.64. The number of hydrogen-bond donors (Lipinski definition) is 1. The maximum Gasteiger partial charge on any atom is 0.269 e. The summed E-state index contributed by atoms with van der Waals surface area (Å²) in [5, 5.41) is 12.3. The number of carbonyl (C=O) groups is 1. The summed E-state index contributed by atoms with van der Waals surface area (Å²) in [6.45, 7) is 2.56. The molecule has 0 saturated heterocycles. The van der Waals surface area contributed by atoms with Crippen LogP contribution in [0.4, 0.5) is 5.69 Å². The molecule has 2 heterocycles. The van der Waals surface area contributed by atoms with E-state index < -0.39 is 4.92 Å². The number of amides is 1. The highest BCUT2D eigenvalue weighted by atomic mass is 16.6. The molecule has 31 heavy (non-hydrogen) atoms. The number of carbonyl (C=O) groups excluding carboxylic acids is 1. The largest absolute Gasteiger partial charge is 0.356 e. The number of fused-ring (bicyclic) bond motifs is 3. The van der Waals surface area contributed by atoms with Gasteiger partial charge in [0.2, 0.25) is 0 Å². The summed E-state index contributed by atoms with van der Waals surface area (Å²) < 4.78 is 0. The highest BCUT2D eigenvalue weighted by Gasteiger charge is 2.35. The lowest BCUT2D eigenvalue weighted by Gasteiger charge is -2.36. The van der Waals surface area contributed by atoms with Gasteiger partial charge in [-0.15, -0.1) is 0 Å². The first-order chi connectivity index (χ1) is 15.0. The molecular formula is C25H21N3O3. The van der Waals surface area contributed by atoms with E-state index in [1.165, 1.54) is 17.7 Å². The Morgan fingerprint density at radius 2 is 1.74 bits per heavy atom. The summed E-state index contributed by atoms with van der Waals surface area (Å²) in [6, 6.07) is 21.9. The van der Waals surface area contributed by atoms with Gasteiger partial charge in [-0.3, -0.25) is 14.9 Å². The first-order valence-electron chi connectivity index (χ1n) is 10.2. The number of nitrogens with zero attached hydrogens (tertiary/aromatic N) is 2. The van der Waals surface area contributed by atoms with Crippen LogP contribution in [0, 0.1) is 17.0 Å². The van der Waals surface area contributed by atoms with Crippen LogP contribution in [-0.4, -0.2) is 27.3 Å². The normalized spacial score (nSPS) is 15.6. The molecule has 0 radical (unpaired) electrons. The number of nitro benzene ring substituents is 1. The molecule has 4 aromatic rings. The zero-order valence-electron chi connectivity index (χ0n) is 17.0. The summed E-state index contributed by atoms with van der Waals surface area (Å²) in [5.74, 6) is -0.0485. The smallest absolute Gasteiger partial charge is 0.269 e. The van der Waals surface area contributed by atoms with Gasteiger partial charge in [-0.2, -0.15) is 0 Å². The minimum Gasteiger partial charge on any atom is -0.356 e. The first-order valence-corrected chi connectivity index (χ1v) is 10.2. The average molecular weight is 411 g/mol. The number of para-hydroxylation sites is 1. The standard InChI is InChI=1S/C25H21N3O3/c1-16-6-8-18(9-7-16)25(29)27-15-14-21-20-4-2-3-5-22(20)26-23(21)24(27)17-10-12-19(13-11-17)28(30)31/h2-13,24,26H,14-15H2,1H3. The number of aromatic amines is 1. The monoisotopic (exact) mass is 411 g/mol. The van der Waals surface area contributed by atoms with Crippen LogP contribution in [0.5, 0.6) is 0 Å². The molecule has 0 spiro atoms. The van der Waals surface area contributed by atoms with Gasteiger partial charge in [-0.25, -0.2) is 0 Å². The van der Waals surface area contributed by atoms with Crippen molar-refractivity contribution in [2.75, 3.05) is 6.54 Å². The highest BCUT2D eigenvalue weighted by Crippen LogP contribution is 2.39. The van der Waals surface area contributed by atoms with E-state index in [0.29, 0.717) is 12.1 Å². The molecule has 6 nitrogen and oxygen atoms in total. The third kappa shape index (κ3) is 3.26. The first kappa shape index (κ1) is 19.1. The minimum atomic E-state index is -0.408. The SMILES string of the molecule is Cc1ccc(C(=O)N2CCc3c([nH]c4ccccc34)C2c2ccc([N+](=O)[O-])cc2)cc1. The molecule has 1 aliphatic rings. The van der Waals surface area contributed by atoms with Crippen LogP contribution in [0.25, 0.3) is 10.9 Å². The van der Waals surface area contributed by atoms with Gasteiger partial charge in [0.15, 0.2) is 0 Å². The van der Waals surface area contributed by atoms with E-state index >= 15 is 0 Å². The predicted molar refractivity (Wildman–Crippen MR) is 119 cm³/mol. The lowest BCUT2D eigenvalue weighted by Crippen LogP contribution is -2.40. The summed E-state index contributed by atoms with van der Waals surface area (Å²) in [5.41, 5.74) is 5.82. The number of aromatic nitrogens is 1. The van der Waals surface area contributed by atoms with Crippen LogP contribution in [0.1, 0.15) is 38.8 Å². The van der Waals surface area contributed by atoms with E-state index in [4.69, 9.17) is 0 Å². The van der Waals surface area contributed by atoms with E-state index in [0.717, 1.165) is 34.1 Å². The highest BCUT2D eigenvalue weighted by molar-refractivity contribution is 5.95. The number of hydrogen-bond acceptors (Lipinski definition) is 3. The van der Waals surface area contributed by atoms with E-state index in [2.05, 4.69) is 11.1 Å². The van der Waals surface area contributed by atoms with Crippen LogP contribution >= 0.6 is 0 Å². The van der Waals surface area contributed by atoms with Gasteiger partial charge in [-0.1, -0.05) is 35.9 Å². The Labute approximate surface area is 179 Å². The Morgan fingerprint density at radius 1 is 1.03 bits per heavy atom. The Morgan fingerprint density at radius 3 is 2.45 bits per heavy atom. The van der Waals surface area contributed by atoms with Crippen LogP contribution in [0.15, 0.2) is 72.8 Å². The Kier molecular flexibility index (Phi) is 4.55. The molecule has 1 aromatic heterocycles. The minimum absolute atomic E-state index is 0.0350. The van der Waals surface area contributed by atoms with E-state index in [1.807, 2.05) is 54.3 Å². The fourth-order valence-electron chi connectivity index (χ4n) is 4.45. The second-order valence-electron chi connectivity index (χ2n) is 7.93. The quantitative estimate of drug-likeness (QED) is 0.373. The Bertz CT molecular complexity index is 1290. The predicted octanol–water partition coefficient (Wildman–Crippen LogP) is 5.17. The van der Waals surface area contributed by atoms with Gasteiger partial charge in [0.05, 0.1) is 11.0 Å². The molecule has 0 bridgehead atoms. The number of rotatable bonds is 3. The maximum atomic E-state index is 13.5. The average Bonchev–Trinajstić information content (AvgIpc) is 3.17. The third-order valence-electron chi connectivity index (χ3n) is 6.01. The second-order valence-corrected chi connectivity index (χ2v) is 7.93. The molecule has 0 aliphatic carbocycles. The molecule has 1 N–H and O–H groups in total. The molecule has 0 fully saturated rings. The molecule has 5 rings (SSSR count). The fraction of sp³-hybridized carbons (Fsp3) is 0.160. The van der Waals surface area contributed by atoms with Crippen LogP contribution in [0.3, 0.4) is 0 Å². The number of non-ortho nitro benzene ring substituents is 1. The van der Waals surface area contributed by atoms with Gasteiger partial charge in [0, 0.05) is 40.8 Å². The van der Waals surface area contributed by atoms with Crippen molar-refractivity contribution in [3.63, 3.8) is 0 Å². The van der Waals surface area contributed by atoms with E-state index in [-0.39, 0.29) is 17.6 Å². The topological polar surface area (TPSA) is 79.2 Å². The lowest BCUT2D eigenvalue weighted by atomic mass is 9.91. The number of benzene rings is 3. The molecule has 6 heteroatoms. The maximum absolute atomic E-state index is 13.5. The molecular weight excluding hydrogens is 390 g/mol. The van der Waals surface area contributed by atoms with E-state index in [9.17, 15) is 14.9 Å². The van der Waals surface area contributed by atoms with Gasteiger partial charge >= 0.3 is 0 Å². The summed E-state index contributed by atoms with van der Waals surface area (Å²) in [7, 11) is 0. The Hall–Kier alpha value is -3.93. The molecule has 3 aromatic carbocycles. The number of aryl methyl sites for hydroxylation is 1. The number of nitrogens with one attached hydrogen (secondary N) is 1. The lowest BCUT2D eigenvalue weighted by molar-refractivity contribution is -0.384. The van der Waals surface area contributed by atoms with Gasteiger partial charge in [-0.05, 0) is 54.8 Å². The zero-order valence-corrected chi connectivity index (χ0v) is 17.0. The number of H-pyrrole nitrogens is 1. The summed E-state index contributed by atoms with van der Waals surface area (Å²) >= 11 is 0. The molecule has 1 unspecified atom stereocenters. The van der Waals surface area contributed by atoms with Crippen molar-refractivity contribution in [1.29, 1.82) is 0 Å². The molecule has 1 amide bonds. The van der Waals surface area contributed by atoms with Crippen LogP contribution in [0.2, 0.25) is 0 Å². The molecule has 154 valence electrons. The van der Waals surface area contributed by atoms with Gasteiger partial charge in [0.1, 0.15) is 0 Å².